The smallest absolute Gasteiger partial charge is 0.270 e. The Kier molecular flexibility index (Phi) is 9.42. The van der Waals surface area contributed by atoms with Gasteiger partial charge < -0.3 is 4.90 Å². The molecule has 1 rings (SSSR count). The lowest BCUT2D eigenvalue weighted by Crippen LogP contribution is -2.31. The average molecular weight is 332 g/mol. The van der Waals surface area contributed by atoms with Gasteiger partial charge in [-0.15, -0.1) is 0 Å². The molecule has 1 aromatic rings. The molecule has 0 saturated heterocycles. The lowest BCUT2D eigenvalue weighted by Gasteiger charge is -2.21. The van der Waals surface area contributed by atoms with Crippen molar-refractivity contribution in [2.75, 3.05) is 13.1 Å². The molecule has 0 N–H and O–H groups in total. The Hall–Kier alpha value is -2.17. The second kappa shape index (κ2) is 11.4. The van der Waals surface area contributed by atoms with E-state index < -0.39 is 4.92 Å². The van der Waals surface area contributed by atoms with Crippen molar-refractivity contribution in [3.8, 4) is 0 Å². The first kappa shape index (κ1) is 19.9. The van der Waals surface area contributed by atoms with E-state index in [1.807, 2.05) is 4.90 Å². The molecule has 0 aromatic heterocycles. The molecule has 0 aliphatic heterocycles. The Morgan fingerprint density at radius 1 is 1.12 bits per heavy atom. The van der Waals surface area contributed by atoms with E-state index in [-0.39, 0.29) is 11.6 Å². The SMILES string of the molecule is CCCCCN(CCCCC)C(=O)/C=C/c1cccc([N+](=O)[O-])c1. The third-order valence-electron chi connectivity index (χ3n) is 3.87. The summed E-state index contributed by atoms with van der Waals surface area (Å²) in [5.41, 5.74) is 0.701. The van der Waals surface area contributed by atoms with Crippen molar-refractivity contribution in [3.63, 3.8) is 0 Å². The van der Waals surface area contributed by atoms with Gasteiger partial charge in [0.2, 0.25) is 5.91 Å². The van der Waals surface area contributed by atoms with Crippen LogP contribution >= 0.6 is 0 Å². The molecule has 0 fully saturated rings. The Labute approximate surface area is 144 Å². The molecule has 0 saturated carbocycles. The molecular formula is C19H28N2O3. The Morgan fingerprint density at radius 2 is 1.75 bits per heavy atom. The quantitative estimate of drug-likeness (QED) is 0.253. The zero-order valence-electron chi connectivity index (χ0n) is 14.7. The van der Waals surface area contributed by atoms with Crippen LogP contribution in [0.5, 0.6) is 0 Å². The van der Waals surface area contributed by atoms with Gasteiger partial charge in [0.05, 0.1) is 4.92 Å². The largest absolute Gasteiger partial charge is 0.339 e. The van der Waals surface area contributed by atoms with Crippen LogP contribution in [0.15, 0.2) is 30.3 Å². The third kappa shape index (κ3) is 7.40. The van der Waals surface area contributed by atoms with Crippen LogP contribution in [0, 0.1) is 10.1 Å². The van der Waals surface area contributed by atoms with Gasteiger partial charge in [-0.25, -0.2) is 0 Å². The summed E-state index contributed by atoms with van der Waals surface area (Å²) >= 11 is 0. The maximum atomic E-state index is 12.4. The van der Waals surface area contributed by atoms with E-state index in [9.17, 15) is 14.9 Å². The Morgan fingerprint density at radius 3 is 2.29 bits per heavy atom. The van der Waals surface area contributed by atoms with Crippen LogP contribution in [0.3, 0.4) is 0 Å². The molecule has 5 nitrogen and oxygen atoms in total. The number of nitrogens with zero attached hydrogens (tertiary/aromatic N) is 2. The van der Waals surface area contributed by atoms with Gasteiger partial charge in [-0.05, 0) is 24.5 Å². The summed E-state index contributed by atoms with van der Waals surface area (Å²) in [6.45, 7) is 5.84. The van der Waals surface area contributed by atoms with E-state index in [1.165, 1.54) is 18.2 Å². The molecule has 0 unspecified atom stereocenters. The maximum Gasteiger partial charge on any atom is 0.270 e. The van der Waals surface area contributed by atoms with Crippen molar-refractivity contribution in [1.82, 2.24) is 4.90 Å². The molecule has 0 spiro atoms. The third-order valence-corrected chi connectivity index (χ3v) is 3.87. The second-order valence-electron chi connectivity index (χ2n) is 5.92. The first-order valence-electron chi connectivity index (χ1n) is 8.80. The fourth-order valence-electron chi connectivity index (χ4n) is 2.45. The van der Waals surface area contributed by atoms with Crippen LogP contribution in [-0.4, -0.2) is 28.8 Å². The predicted octanol–water partition coefficient (Wildman–Crippen LogP) is 4.82. The number of nitro benzene ring substituents is 1. The van der Waals surface area contributed by atoms with E-state index in [2.05, 4.69) is 13.8 Å². The lowest BCUT2D eigenvalue weighted by atomic mass is 10.1. The van der Waals surface area contributed by atoms with Crippen molar-refractivity contribution in [3.05, 3.63) is 46.0 Å². The van der Waals surface area contributed by atoms with Crippen LogP contribution in [0.1, 0.15) is 57.9 Å². The van der Waals surface area contributed by atoms with Gasteiger partial charge in [-0.3, -0.25) is 14.9 Å². The predicted molar refractivity (Wildman–Crippen MR) is 97.8 cm³/mol. The molecular weight excluding hydrogens is 304 g/mol. The zero-order chi connectivity index (χ0) is 17.8. The molecule has 1 amide bonds. The molecule has 0 atom stereocenters. The maximum absolute atomic E-state index is 12.4. The summed E-state index contributed by atoms with van der Waals surface area (Å²) in [7, 11) is 0. The summed E-state index contributed by atoms with van der Waals surface area (Å²) in [5.74, 6) is -0.0197. The summed E-state index contributed by atoms with van der Waals surface area (Å²) in [6.07, 6.45) is 9.69. The number of hydrogen-bond donors (Lipinski definition) is 0. The number of hydrogen-bond acceptors (Lipinski definition) is 3. The van der Waals surface area contributed by atoms with Gasteiger partial charge >= 0.3 is 0 Å². The normalized spacial score (nSPS) is 10.9. The number of non-ortho nitro benzene ring substituents is 1. The van der Waals surface area contributed by atoms with Crippen molar-refractivity contribution in [2.24, 2.45) is 0 Å². The van der Waals surface area contributed by atoms with Crippen molar-refractivity contribution in [2.45, 2.75) is 52.4 Å². The highest BCUT2D eigenvalue weighted by Gasteiger charge is 2.10. The van der Waals surface area contributed by atoms with Gasteiger partial charge in [-0.1, -0.05) is 51.7 Å². The highest BCUT2D eigenvalue weighted by atomic mass is 16.6. The van der Waals surface area contributed by atoms with Crippen molar-refractivity contribution >= 4 is 17.7 Å². The first-order chi connectivity index (χ1) is 11.6. The minimum absolute atomic E-state index is 0.0197. The van der Waals surface area contributed by atoms with E-state index in [0.717, 1.165) is 51.6 Å². The first-order valence-corrected chi connectivity index (χ1v) is 8.80. The van der Waals surface area contributed by atoms with Crippen molar-refractivity contribution < 1.29 is 9.72 Å². The van der Waals surface area contributed by atoms with E-state index >= 15 is 0 Å². The highest BCUT2D eigenvalue weighted by Crippen LogP contribution is 2.14. The number of rotatable bonds is 11. The molecule has 0 aliphatic carbocycles. The average Bonchev–Trinajstić information content (AvgIpc) is 2.59. The number of amides is 1. The number of benzene rings is 1. The molecule has 0 heterocycles. The molecule has 0 radical (unpaired) electrons. The second-order valence-corrected chi connectivity index (χ2v) is 5.92. The summed E-state index contributed by atoms with van der Waals surface area (Å²) < 4.78 is 0. The molecule has 0 bridgehead atoms. The fourth-order valence-corrected chi connectivity index (χ4v) is 2.45. The Bertz CT molecular complexity index is 545. The van der Waals surface area contributed by atoms with Crippen LogP contribution in [0.2, 0.25) is 0 Å². The number of carbonyl (C=O) groups is 1. The van der Waals surface area contributed by atoms with Crippen molar-refractivity contribution in [1.29, 1.82) is 0 Å². The highest BCUT2D eigenvalue weighted by molar-refractivity contribution is 5.91. The van der Waals surface area contributed by atoms with Crippen LogP contribution in [0.4, 0.5) is 5.69 Å². The molecule has 1 aromatic carbocycles. The monoisotopic (exact) mass is 332 g/mol. The summed E-state index contributed by atoms with van der Waals surface area (Å²) in [4.78, 5) is 24.7. The fraction of sp³-hybridized carbons (Fsp3) is 0.526. The number of nitro groups is 1. The Balaban J connectivity index is 2.70. The minimum Gasteiger partial charge on any atom is -0.339 e. The van der Waals surface area contributed by atoms with E-state index in [1.54, 1.807) is 18.2 Å². The zero-order valence-corrected chi connectivity index (χ0v) is 14.7. The van der Waals surface area contributed by atoms with Crippen LogP contribution in [0.25, 0.3) is 6.08 Å². The lowest BCUT2D eigenvalue weighted by molar-refractivity contribution is -0.384. The van der Waals surface area contributed by atoms with E-state index in [4.69, 9.17) is 0 Å². The van der Waals surface area contributed by atoms with Gasteiger partial charge in [0, 0.05) is 31.3 Å². The molecule has 132 valence electrons. The number of carbonyl (C=O) groups excluding carboxylic acids is 1. The van der Waals surface area contributed by atoms with Gasteiger partial charge in [0.1, 0.15) is 0 Å². The molecule has 0 aliphatic rings. The van der Waals surface area contributed by atoms with Crippen LogP contribution < -0.4 is 0 Å². The van der Waals surface area contributed by atoms with Gasteiger partial charge in [0.15, 0.2) is 0 Å². The van der Waals surface area contributed by atoms with E-state index in [0.29, 0.717) is 5.56 Å². The minimum atomic E-state index is -0.430. The topological polar surface area (TPSA) is 63.5 Å². The standard InChI is InChI=1S/C19H28N2O3/c1-3-5-7-14-20(15-8-6-4-2)19(22)13-12-17-10-9-11-18(16-17)21(23)24/h9-13,16H,3-8,14-15H2,1-2H3/b13-12+. The molecule has 5 heteroatoms. The summed E-state index contributed by atoms with van der Waals surface area (Å²) in [5, 5.41) is 10.8. The van der Waals surface area contributed by atoms with Crippen LogP contribution in [-0.2, 0) is 4.79 Å². The summed E-state index contributed by atoms with van der Waals surface area (Å²) in [6, 6.07) is 6.31. The van der Waals surface area contributed by atoms with Gasteiger partial charge in [0.25, 0.3) is 5.69 Å². The molecule has 24 heavy (non-hydrogen) atoms. The van der Waals surface area contributed by atoms with Gasteiger partial charge in [-0.2, -0.15) is 0 Å². The number of unbranched alkanes of at least 4 members (excludes halogenated alkanes) is 4.